The first-order chi connectivity index (χ1) is 8.77. The van der Waals surface area contributed by atoms with Crippen LogP contribution in [0.3, 0.4) is 0 Å². The molecule has 1 aliphatic carbocycles. The number of piperidine rings is 1. The van der Waals surface area contributed by atoms with Crippen molar-refractivity contribution in [1.82, 2.24) is 10.2 Å². The number of nitrogens with zero attached hydrogens (tertiary/aromatic N) is 1. The van der Waals surface area contributed by atoms with E-state index in [1.165, 1.54) is 47.8 Å². The Hall–Kier alpha value is -0.380. The molecule has 0 radical (unpaired) electrons. The van der Waals surface area contributed by atoms with Crippen molar-refractivity contribution in [1.29, 1.82) is 0 Å². The van der Waals surface area contributed by atoms with Gasteiger partial charge >= 0.3 is 0 Å². The second-order valence-electron chi connectivity index (χ2n) is 5.53. The van der Waals surface area contributed by atoms with Crippen molar-refractivity contribution in [2.24, 2.45) is 0 Å². The number of fused-ring (bicyclic) bond motifs is 1. The molecule has 2 nitrogen and oxygen atoms in total. The van der Waals surface area contributed by atoms with E-state index in [2.05, 4.69) is 51.4 Å². The lowest BCUT2D eigenvalue weighted by Crippen LogP contribution is -2.45. The number of halogens is 1. The van der Waals surface area contributed by atoms with Crippen LogP contribution in [0.4, 0.5) is 0 Å². The summed E-state index contributed by atoms with van der Waals surface area (Å²) in [6, 6.07) is 7.97. The molecule has 0 bridgehead atoms. The second kappa shape index (κ2) is 5.32. The highest BCUT2D eigenvalue weighted by Gasteiger charge is 2.31. The maximum absolute atomic E-state index is 3.69. The molecule has 98 valence electrons. The summed E-state index contributed by atoms with van der Waals surface area (Å²) in [5.74, 6) is 0. The monoisotopic (exact) mass is 308 g/mol. The molecule has 1 saturated heterocycles. The van der Waals surface area contributed by atoms with E-state index in [4.69, 9.17) is 0 Å². The molecule has 1 aliphatic heterocycles. The fraction of sp³-hybridized carbons (Fsp3) is 0.600. The van der Waals surface area contributed by atoms with Crippen LogP contribution in [-0.2, 0) is 6.42 Å². The van der Waals surface area contributed by atoms with E-state index < -0.39 is 0 Å². The van der Waals surface area contributed by atoms with Gasteiger partial charge in [0.05, 0.1) is 0 Å². The van der Waals surface area contributed by atoms with Crippen LogP contribution in [0.1, 0.15) is 36.4 Å². The lowest BCUT2D eigenvalue weighted by Gasteiger charge is -2.36. The standard InChI is InChI=1S/C15H21BrN2/c1-18(11-4-3-9-17-10-11)15-8-7-12-13(15)5-2-6-14(12)16/h2,5-6,11,15,17H,3-4,7-10H2,1H3. The Kier molecular flexibility index (Phi) is 3.73. The number of likely N-dealkylation sites (N-methyl/N-ethyl adjacent to an activating group) is 1. The van der Waals surface area contributed by atoms with Crippen molar-refractivity contribution in [3.8, 4) is 0 Å². The molecule has 18 heavy (non-hydrogen) atoms. The Morgan fingerprint density at radius 2 is 2.22 bits per heavy atom. The smallest absolute Gasteiger partial charge is 0.0354 e. The van der Waals surface area contributed by atoms with Crippen LogP contribution in [0, 0.1) is 0 Å². The zero-order chi connectivity index (χ0) is 12.5. The third-order valence-corrected chi connectivity index (χ3v) is 5.26. The van der Waals surface area contributed by atoms with Crippen LogP contribution in [0.25, 0.3) is 0 Å². The van der Waals surface area contributed by atoms with Gasteiger partial charge in [0.2, 0.25) is 0 Å². The van der Waals surface area contributed by atoms with Gasteiger partial charge in [-0.05, 0) is 56.5 Å². The number of rotatable bonds is 2. The molecular formula is C15H21BrN2. The molecule has 1 heterocycles. The van der Waals surface area contributed by atoms with E-state index in [0.29, 0.717) is 12.1 Å². The SMILES string of the molecule is CN(C1CCCNC1)C1CCc2c(Br)cccc21. The van der Waals surface area contributed by atoms with Gasteiger partial charge in [0.25, 0.3) is 0 Å². The lowest BCUT2D eigenvalue weighted by atomic mass is 10.0. The van der Waals surface area contributed by atoms with Gasteiger partial charge in [-0.2, -0.15) is 0 Å². The normalized spacial score (nSPS) is 27.5. The summed E-state index contributed by atoms with van der Waals surface area (Å²) >= 11 is 3.69. The van der Waals surface area contributed by atoms with Crippen molar-refractivity contribution in [3.63, 3.8) is 0 Å². The van der Waals surface area contributed by atoms with Gasteiger partial charge in [-0.15, -0.1) is 0 Å². The summed E-state index contributed by atoms with van der Waals surface area (Å²) in [6.45, 7) is 2.34. The van der Waals surface area contributed by atoms with E-state index >= 15 is 0 Å². The largest absolute Gasteiger partial charge is 0.315 e. The third-order valence-electron chi connectivity index (χ3n) is 4.52. The van der Waals surface area contributed by atoms with E-state index in [-0.39, 0.29) is 0 Å². The fourth-order valence-corrected chi connectivity index (χ4v) is 4.03. The Morgan fingerprint density at radius 1 is 1.33 bits per heavy atom. The molecular weight excluding hydrogens is 288 g/mol. The predicted molar refractivity (Wildman–Crippen MR) is 78.9 cm³/mol. The van der Waals surface area contributed by atoms with Crippen molar-refractivity contribution in [2.75, 3.05) is 20.1 Å². The Labute approximate surface area is 118 Å². The van der Waals surface area contributed by atoms with Crippen LogP contribution < -0.4 is 5.32 Å². The van der Waals surface area contributed by atoms with Crippen LogP contribution in [0.15, 0.2) is 22.7 Å². The number of hydrogen-bond acceptors (Lipinski definition) is 2. The van der Waals surface area contributed by atoms with Crippen LogP contribution in [-0.4, -0.2) is 31.1 Å². The molecule has 2 unspecified atom stereocenters. The molecule has 1 aromatic carbocycles. The lowest BCUT2D eigenvalue weighted by molar-refractivity contribution is 0.146. The van der Waals surface area contributed by atoms with E-state index in [9.17, 15) is 0 Å². The number of hydrogen-bond donors (Lipinski definition) is 1. The Balaban J connectivity index is 1.80. The topological polar surface area (TPSA) is 15.3 Å². The zero-order valence-corrected chi connectivity index (χ0v) is 12.5. The molecule has 1 fully saturated rings. The summed E-state index contributed by atoms with van der Waals surface area (Å²) in [5, 5.41) is 3.52. The minimum absolute atomic E-state index is 0.613. The maximum atomic E-state index is 3.69. The third kappa shape index (κ3) is 2.24. The van der Waals surface area contributed by atoms with Crippen LogP contribution in [0.2, 0.25) is 0 Å². The molecule has 3 heteroatoms. The first-order valence-electron chi connectivity index (χ1n) is 6.97. The molecule has 2 aliphatic rings. The second-order valence-corrected chi connectivity index (χ2v) is 6.38. The van der Waals surface area contributed by atoms with Crippen molar-refractivity contribution >= 4 is 15.9 Å². The minimum Gasteiger partial charge on any atom is -0.315 e. The minimum atomic E-state index is 0.613. The van der Waals surface area contributed by atoms with Crippen molar-refractivity contribution < 1.29 is 0 Å². The first kappa shape index (κ1) is 12.6. The fourth-order valence-electron chi connectivity index (χ4n) is 3.45. The van der Waals surface area contributed by atoms with E-state index in [0.717, 1.165) is 6.54 Å². The van der Waals surface area contributed by atoms with Crippen molar-refractivity contribution in [3.05, 3.63) is 33.8 Å². The summed E-state index contributed by atoms with van der Waals surface area (Å²) in [6.07, 6.45) is 5.13. The summed E-state index contributed by atoms with van der Waals surface area (Å²) in [7, 11) is 2.30. The molecule has 2 atom stereocenters. The number of benzene rings is 1. The van der Waals surface area contributed by atoms with Gasteiger partial charge in [0, 0.05) is 23.1 Å². The zero-order valence-electron chi connectivity index (χ0n) is 11.0. The van der Waals surface area contributed by atoms with Gasteiger partial charge in [-0.1, -0.05) is 28.1 Å². The predicted octanol–water partition coefficient (Wildman–Crippen LogP) is 3.12. The summed E-state index contributed by atoms with van der Waals surface area (Å²) < 4.78 is 1.29. The molecule has 0 amide bonds. The molecule has 0 spiro atoms. The molecule has 0 aromatic heterocycles. The first-order valence-corrected chi connectivity index (χ1v) is 7.76. The highest BCUT2D eigenvalue weighted by atomic mass is 79.9. The maximum Gasteiger partial charge on any atom is 0.0354 e. The van der Waals surface area contributed by atoms with Gasteiger partial charge in [-0.25, -0.2) is 0 Å². The van der Waals surface area contributed by atoms with E-state index in [1.807, 2.05) is 0 Å². The molecule has 3 rings (SSSR count). The van der Waals surface area contributed by atoms with Crippen molar-refractivity contribution in [2.45, 2.75) is 37.8 Å². The highest BCUT2D eigenvalue weighted by Crippen LogP contribution is 2.39. The Bertz CT molecular complexity index is 427. The molecule has 0 saturated carbocycles. The van der Waals surface area contributed by atoms with Gasteiger partial charge in [0.1, 0.15) is 0 Å². The summed E-state index contributed by atoms with van der Waals surface area (Å²) in [4.78, 5) is 2.60. The summed E-state index contributed by atoms with van der Waals surface area (Å²) in [5.41, 5.74) is 3.07. The average molecular weight is 309 g/mol. The van der Waals surface area contributed by atoms with Gasteiger partial charge in [-0.3, -0.25) is 4.90 Å². The molecule has 1 aromatic rings. The van der Waals surface area contributed by atoms with E-state index in [1.54, 1.807) is 0 Å². The van der Waals surface area contributed by atoms with Gasteiger partial charge < -0.3 is 5.32 Å². The average Bonchev–Trinajstić information content (AvgIpc) is 2.84. The highest BCUT2D eigenvalue weighted by molar-refractivity contribution is 9.10. The Morgan fingerprint density at radius 3 is 3.00 bits per heavy atom. The van der Waals surface area contributed by atoms with Gasteiger partial charge in [0.15, 0.2) is 0 Å². The van der Waals surface area contributed by atoms with Crippen LogP contribution >= 0.6 is 15.9 Å². The molecule has 1 N–H and O–H groups in total. The quantitative estimate of drug-likeness (QED) is 0.903. The number of nitrogens with one attached hydrogen (secondary N) is 1. The van der Waals surface area contributed by atoms with Crippen LogP contribution in [0.5, 0.6) is 0 Å².